The highest BCUT2D eigenvalue weighted by molar-refractivity contribution is 7.80. The van der Waals surface area contributed by atoms with Crippen molar-refractivity contribution in [2.45, 2.75) is 31.5 Å². The lowest BCUT2D eigenvalue weighted by Gasteiger charge is -2.19. The van der Waals surface area contributed by atoms with Gasteiger partial charge >= 0.3 is 5.97 Å². The lowest BCUT2D eigenvalue weighted by Crippen LogP contribution is -2.55. The van der Waals surface area contributed by atoms with E-state index in [2.05, 4.69) is 23.3 Å². The van der Waals surface area contributed by atoms with Gasteiger partial charge in [-0.3, -0.25) is 19.2 Å². The van der Waals surface area contributed by atoms with Crippen LogP contribution < -0.4 is 22.1 Å². The predicted molar refractivity (Wildman–Crippen MR) is 72.8 cm³/mol. The number of primary amides is 1. The van der Waals surface area contributed by atoms with Crippen LogP contribution in [0.25, 0.3) is 0 Å². The number of hydrogen-bond acceptors (Lipinski definition) is 6. The first-order valence-corrected chi connectivity index (χ1v) is 6.30. The number of carbonyl (C=O) groups excluding carboxylic acids is 3. The van der Waals surface area contributed by atoms with E-state index in [0.29, 0.717) is 0 Å². The van der Waals surface area contributed by atoms with Crippen LogP contribution in [-0.2, 0) is 19.2 Å². The van der Waals surface area contributed by atoms with Crippen LogP contribution in [0.1, 0.15) is 13.3 Å². The van der Waals surface area contributed by atoms with Crippen molar-refractivity contribution in [2.75, 3.05) is 5.75 Å². The number of aliphatic carboxylic acids is 1. The Kier molecular flexibility index (Phi) is 7.62. The second kappa shape index (κ2) is 8.38. The molecule has 10 heteroatoms. The Morgan fingerprint density at radius 2 is 1.75 bits per heavy atom. The summed E-state index contributed by atoms with van der Waals surface area (Å²) in [6.45, 7) is 1.27. The van der Waals surface area contributed by atoms with Gasteiger partial charge in [-0.15, -0.1) is 0 Å². The standard InChI is InChI=1S/C10H18N4O5S/c1-4(10(18)19)13-9(17)6(3-20)14-8(16)5(11)2-7(12)15/h4-6,20H,2-3,11H2,1H3,(H2,12,15)(H,13,17)(H,14,16)(H,18,19)/t4-,5-,6-/m0/s1. The van der Waals surface area contributed by atoms with Crippen LogP contribution in [0.15, 0.2) is 0 Å². The Balaban J connectivity index is 4.53. The second-order valence-corrected chi connectivity index (χ2v) is 4.45. The summed E-state index contributed by atoms with van der Waals surface area (Å²) in [5.41, 5.74) is 10.3. The average Bonchev–Trinajstić information content (AvgIpc) is 2.34. The number of carboxylic acid groups (broad SMARTS) is 1. The van der Waals surface area contributed by atoms with Crippen LogP contribution in [0, 0.1) is 0 Å². The summed E-state index contributed by atoms with van der Waals surface area (Å²) in [5.74, 6) is -3.49. The van der Waals surface area contributed by atoms with Crippen LogP contribution in [0.2, 0.25) is 0 Å². The minimum absolute atomic E-state index is 0.0623. The SMILES string of the molecule is C[C@H](NC(=O)[C@H](CS)NC(=O)[C@@H](N)CC(N)=O)C(=O)O. The number of rotatable bonds is 8. The van der Waals surface area contributed by atoms with Crippen molar-refractivity contribution in [3.8, 4) is 0 Å². The van der Waals surface area contributed by atoms with Crippen molar-refractivity contribution < 1.29 is 24.3 Å². The third-order valence-electron chi connectivity index (χ3n) is 2.30. The highest BCUT2D eigenvalue weighted by Crippen LogP contribution is 1.94. The van der Waals surface area contributed by atoms with E-state index in [-0.39, 0.29) is 12.2 Å². The molecule has 9 nitrogen and oxygen atoms in total. The van der Waals surface area contributed by atoms with Crippen molar-refractivity contribution in [1.29, 1.82) is 0 Å². The van der Waals surface area contributed by atoms with E-state index in [1.54, 1.807) is 0 Å². The summed E-state index contributed by atoms with van der Waals surface area (Å²) in [4.78, 5) is 44.5. The Hall–Kier alpha value is -1.81. The monoisotopic (exact) mass is 306 g/mol. The van der Waals surface area contributed by atoms with Crippen molar-refractivity contribution in [3.05, 3.63) is 0 Å². The van der Waals surface area contributed by atoms with Crippen LogP contribution in [-0.4, -0.2) is 52.7 Å². The van der Waals surface area contributed by atoms with Gasteiger partial charge < -0.3 is 27.2 Å². The number of hydrogen-bond donors (Lipinski definition) is 6. The molecule has 114 valence electrons. The summed E-state index contributed by atoms with van der Waals surface area (Å²) in [5, 5.41) is 13.1. The first-order chi connectivity index (χ1) is 9.18. The number of amides is 3. The number of carbonyl (C=O) groups is 4. The molecule has 0 spiro atoms. The number of thiol groups is 1. The second-order valence-electron chi connectivity index (χ2n) is 4.09. The molecule has 3 atom stereocenters. The molecule has 0 aromatic heterocycles. The Morgan fingerprint density at radius 1 is 1.20 bits per heavy atom. The molecule has 0 heterocycles. The van der Waals surface area contributed by atoms with Gasteiger partial charge in [0.1, 0.15) is 12.1 Å². The van der Waals surface area contributed by atoms with Gasteiger partial charge in [-0.25, -0.2) is 0 Å². The number of carboxylic acids is 1. The van der Waals surface area contributed by atoms with Gasteiger partial charge in [0.05, 0.1) is 12.5 Å². The number of nitrogens with one attached hydrogen (secondary N) is 2. The first kappa shape index (κ1) is 18.2. The van der Waals surface area contributed by atoms with Gasteiger partial charge in [0, 0.05) is 5.75 Å². The molecule has 0 saturated carbocycles. The maximum absolute atomic E-state index is 11.7. The fourth-order valence-corrected chi connectivity index (χ4v) is 1.42. The highest BCUT2D eigenvalue weighted by Gasteiger charge is 2.25. The van der Waals surface area contributed by atoms with Gasteiger partial charge in [0.15, 0.2) is 0 Å². The van der Waals surface area contributed by atoms with Crippen molar-refractivity contribution in [1.82, 2.24) is 10.6 Å². The maximum Gasteiger partial charge on any atom is 0.325 e. The molecule has 0 aliphatic carbocycles. The van der Waals surface area contributed by atoms with Crippen LogP contribution >= 0.6 is 12.6 Å². The quantitative estimate of drug-likeness (QED) is 0.265. The Labute approximate surface area is 120 Å². The summed E-state index contributed by atoms with van der Waals surface area (Å²) < 4.78 is 0. The Morgan fingerprint density at radius 3 is 2.15 bits per heavy atom. The van der Waals surface area contributed by atoms with Crippen molar-refractivity contribution >= 4 is 36.3 Å². The lowest BCUT2D eigenvalue weighted by molar-refractivity contribution is -0.141. The minimum Gasteiger partial charge on any atom is -0.480 e. The topological polar surface area (TPSA) is 165 Å². The molecule has 0 aliphatic rings. The summed E-state index contributed by atoms with van der Waals surface area (Å²) in [6.07, 6.45) is -0.363. The van der Waals surface area contributed by atoms with Gasteiger partial charge in [-0.1, -0.05) is 0 Å². The molecule has 0 unspecified atom stereocenters. The fourth-order valence-electron chi connectivity index (χ4n) is 1.16. The summed E-state index contributed by atoms with van der Waals surface area (Å²) in [7, 11) is 0. The third-order valence-corrected chi connectivity index (χ3v) is 2.67. The van der Waals surface area contributed by atoms with Crippen LogP contribution in [0.3, 0.4) is 0 Å². The largest absolute Gasteiger partial charge is 0.480 e. The maximum atomic E-state index is 11.7. The zero-order chi connectivity index (χ0) is 15.9. The molecule has 0 saturated heterocycles. The first-order valence-electron chi connectivity index (χ1n) is 5.67. The molecule has 20 heavy (non-hydrogen) atoms. The molecule has 0 radical (unpaired) electrons. The Bertz CT molecular complexity index is 403. The number of nitrogens with two attached hydrogens (primary N) is 2. The van der Waals surface area contributed by atoms with Gasteiger partial charge in [0.25, 0.3) is 0 Å². The molecule has 0 bridgehead atoms. The molecule has 0 rings (SSSR count). The van der Waals surface area contributed by atoms with Gasteiger partial charge in [0.2, 0.25) is 17.7 Å². The fraction of sp³-hybridized carbons (Fsp3) is 0.600. The summed E-state index contributed by atoms with van der Waals surface area (Å²) >= 11 is 3.89. The zero-order valence-corrected chi connectivity index (χ0v) is 11.7. The minimum atomic E-state index is -1.21. The van der Waals surface area contributed by atoms with Gasteiger partial charge in [-0.05, 0) is 6.92 Å². The average molecular weight is 306 g/mol. The van der Waals surface area contributed by atoms with Crippen molar-refractivity contribution in [3.63, 3.8) is 0 Å². The highest BCUT2D eigenvalue weighted by atomic mass is 32.1. The zero-order valence-electron chi connectivity index (χ0n) is 10.8. The van der Waals surface area contributed by atoms with Gasteiger partial charge in [-0.2, -0.15) is 12.6 Å². The normalized spacial score (nSPS) is 14.8. The van der Waals surface area contributed by atoms with E-state index >= 15 is 0 Å². The summed E-state index contributed by atoms with van der Waals surface area (Å²) in [6, 6.07) is -3.35. The van der Waals surface area contributed by atoms with Crippen molar-refractivity contribution in [2.24, 2.45) is 11.5 Å². The molecule has 3 amide bonds. The molecule has 0 aromatic rings. The van der Waals surface area contributed by atoms with E-state index in [1.165, 1.54) is 6.92 Å². The van der Waals surface area contributed by atoms with E-state index in [9.17, 15) is 19.2 Å². The molecule has 0 aliphatic heterocycles. The van der Waals surface area contributed by atoms with Crippen LogP contribution in [0.4, 0.5) is 0 Å². The lowest BCUT2D eigenvalue weighted by atomic mass is 10.2. The third kappa shape index (κ3) is 6.38. The smallest absolute Gasteiger partial charge is 0.325 e. The van der Waals surface area contributed by atoms with E-state index in [1.807, 2.05) is 0 Å². The van der Waals surface area contributed by atoms with Crippen LogP contribution in [0.5, 0.6) is 0 Å². The molecule has 0 aromatic carbocycles. The molecular formula is C10H18N4O5S. The predicted octanol–water partition coefficient (Wildman–Crippen LogP) is -2.81. The molecule has 0 fully saturated rings. The van der Waals surface area contributed by atoms with E-state index in [4.69, 9.17) is 16.6 Å². The molecular weight excluding hydrogens is 288 g/mol. The van der Waals surface area contributed by atoms with E-state index < -0.39 is 41.8 Å². The molecule has 7 N–H and O–H groups in total. The van der Waals surface area contributed by atoms with E-state index in [0.717, 1.165) is 0 Å².